The standard InChI is InChI=1S/C23H39NO.ClH/c1-3-4-5-6-7-8-9-10-11-12-17-24-22-15-13-21-19-23(25-2)16-14-20(21)18-22;/h14,16,19,22,24H,3-13,15,17-18H2,1-2H3;1H. The molecular weight excluding hydrogens is 342 g/mol. The first-order chi connectivity index (χ1) is 12.3. The van der Waals surface area contributed by atoms with Crippen LogP contribution in [-0.2, 0) is 12.8 Å². The summed E-state index contributed by atoms with van der Waals surface area (Å²) in [5.74, 6) is 0.996. The molecule has 0 heterocycles. The van der Waals surface area contributed by atoms with Gasteiger partial charge in [-0.15, -0.1) is 12.4 Å². The molecular formula is C23H40ClNO. The van der Waals surface area contributed by atoms with Crippen LogP contribution in [0.25, 0.3) is 0 Å². The highest BCUT2D eigenvalue weighted by Crippen LogP contribution is 2.25. The summed E-state index contributed by atoms with van der Waals surface area (Å²) in [6, 6.07) is 7.24. The van der Waals surface area contributed by atoms with Gasteiger partial charge < -0.3 is 10.1 Å². The van der Waals surface area contributed by atoms with Crippen LogP contribution in [-0.4, -0.2) is 19.7 Å². The van der Waals surface area contributed by atoms with Gasteiger partial charge in [0.15, 0.2) is 0 Å². The highest BCUT2D eigenvalue weighted by atomic mass is 35.5. The molecule has 0 saturated carbocycles. The average Bonchev–Trinajstić information content (AvgIpc) is 2.65. The van der Waals surface area contributed by atoms with E-state index in [1.165, 1.54) is 101 Å². The van der Waals surface area contributed by atoms with Crippen LogP contribution in [0, 0.1) is 0 Å². The molecule has 2 nitrogen and oxygen atoms in total. The Morgan fingerprint density at radius 1 is 0.923 bits per heavy atom. The summed E-state index contributed by atoms with van der Waals surface area (Å²) in [7, 11) is 1.75. The van der Waals surface area contributed by atoms with Gasteiger partial charge in [-0.3, -0.25) is 0 Å². The Hall–Kier alpha value is -0.730. The summed E-state index contributed by atoms with van der Waals surface area (Å²) >= 11 is 0. The molecule has 0 aliphatic heterocycles. The smallest absolute Gasteiger partial charge is 0.119 e. The molecule has 0 radical (unpaired) electrons. The molecule has 1 N–H and O–H groups in total. The zero-order valence-electron chi connectivity index (χ0n) is 17.0. The lowest BCUT2D eigenvalue weighted by Crippen LogP contribution is -2.35. The molecule has 0 bridgehead atoms. The van der Waals surface area contributed by atoms with Gasteiger partial charge in [0.2, 0.25) is 0 Å². The van der Waals surface area contributed by atoms with Crippen LogP contribution in [0.4, 0.5) is 0 Å². The Bertz CT molecular complexity index is 477. The summed E-state index contributed by atoms with van der Waals surface area (Å²) in [6.45, 7) is 3.48. The Kier molecular flexibility index (Phi) is 12.9. The van der Waals surface area contributed by atoms with Gasteiger partial charge >= 0.3 is 0 Å². The van der Waals surface area contributed by atoms with E-state index in [1.54, 1.807) is 7.11 Å². The third-order valence-corrected chi connectivity index (χ3v) is 5.61. The number of unbranched alkanes of at least 4 members (excludes halogenated alkanes) is 9. The van der Waals surface area contributed by atoms with E-state index in [4.69, 9.17) is 4.74 Å². The number of halogens is 1. The number of fused-ring (bicyclic) bond motifs is 1. The van der Waals surface area contributed by atoms with Crippen LogP contribution < -0.4 is 10.1 Å². The number of benzene rings is 1. The van der Waals surface area contributed by atoms with Gasteiger partial charge in [0.25, 0.3) is 0 Å². The summed E-state index contributed by atoms with van der Waals surface area (Å²) in [6.07, 6.45) is 17.8. The second kappa shape index (κ2) is 14.3. The summed E-state index contributed by atoms with van der Waals surface area (Å²) in [5.41, 5.74) is 2.99. The van der Waals surface area contributed by atoms with Crippen LogP contribution in [0.5, 0.6) is 5.75 Å². The van der Waals surface area contributed by atoms with Crippen LogP contribution >= 0.6 is 12.4 Å². The summed E-state index contributed by atoms with van der Waals surface area (Å²) < 4.78 is 5.34. The highest BCUT2D eigenvalue weighted by molar-refractivity contribution is 5.85. The minimum atomic E-state index is 0. The molecule has 0 amide bonds. The van der Waals surface area contributed by atoms with Gasteiger partial charge in [0.05, 0.1) is 7.11 Å². The first-order valence-corrected chi connectivity index (χ1v) is 10.7. The van der Waals surface area contributed by atoms with Crippen LogP contribution in [0.15, 0.2) is 18.2 Å². The molecule has 1 aliphatic rings. The molecule has 1 aliphatic carbocycles. The van der Waals surface area contributed by atoms with Crippen LogP contribution in [0.1, 0.15) is 88.7 Å². The molecule has 2 rings (SSSR count). The number of methoxy groups -OCH3 is 1. The SMILES string of the molecule is CCCCCCCCCCCCNC1CCc2cc(OC)ccc2C1.Cl. The van der Waals surface area contributed by atoms with E-state index >= 15 is 0 Å². The lowest BCUT2D eigenvalue weighted by Gasteiger charge is -2.26. The first-order valence-electron chi connectivity index (χ1n) is 10.7. The topological polar surface area (TPSA) is 21.3 Å². The van der Waals surface area contributed by atoms with E-state index in [0.29, 0.717) is 6.04 Å². The molecule has 1 aromatic rings. The van der Waals surface area contributed by atoms with Crippen molar-refractivity contribution in [3.8, 4) is 5.75 Å². The number of hydrogen-bond donors (Lipinski definition) is 1. The van der Waals surface area contributed by atoms with Crippen molar-refractivity contribution in [2.24, 2.45) is 0 Å². The average molecular weight is 382 g/mol. The molecule has 0 aromatic heterocycles. The van der Waals surface area contributed by atoms with Gasteiger partial charge in [-0.25, -0.2) is 0 Å². The lowest BCUT2D eigenvalue weighted by molar-refractivity contribution is 0.410. The van der Waals surface area contributed by atoms with Crippen molar-refractivity contribution in [1.82, 2.24) is 5.32 Å². The number of rotatable bonds is 13. The van der Waals surface area contributed by atoms with Crippen molar-refractivity contribution >= 4 is 12.4 Å². The Morgan fingerprint density at radius 3 is 2.23 bits per heavy atom. The third kappa shape index (κ3) is 8.77. The molecule has 0 saturated heterocycles. The maximum absolute atomic E-state index is 5.34. The maximum Gasteiger partial charge on any atom is 0.119 e. The molecule has 0 spiro atoms. The molecule has 1 unspecified atom stereocenters. The Morgan fingerprint density at radius 2 is 1.58 bits per heavy atom. The summed E-state index contributed by atoms with van der Waals surface area (Å²) in [5, 5.41) is 3.79. The van der Waals surface area contributed by atoms with E-state index in [0.717, 1.165) is 5.75 Å². The lowest BCUT2D eigenvalue weighted by atomic mass is 9.88. The zero-order valence-corrected chi connectivity index (χ0v) is 17.8. The monoisotopic (exact) mass is 381 g/mol. The highest BCUT2D eigenvalue weighted by Gasteiger charge is 2.18. The van der Waals surface area contributed by atoms with Crippen LogP contribution in [0.2, 0.25) is 0 Å². The molecule has 26 heavy (non-hydrogen) atoms. The second-order valence-corrected chi connectivity index (χ2v) is 7.71. The van der Waals surface area contributed by atoms with Crippen molar-refractivity contribution in [2.75, 3.05) is 13.7 Å². The summed E-state index contributed by atoms with van der Waals surface area (Å²) in [4.78, 5) is 0. The first kappa shape index (κ1) is 23.3. The van der Waals surface area contributed by atoms with E-state index in [2.05, 4.69) is 30.4 Å². The van der Waals surface area contributed by atoms with Gasteiger partial charge in [-0.05, 0) is 55.5 Å². The van der Waals surface area contributed by atoms with Gasteiger partial charge in [0.1, 0.15) is 5.75 Å². The number of aryl methyl sites for hydroxylation is 1. The predicted molar refractivity (Wildman–Crippen MR) is 116 cm³/mol. The Balaban J connectivity index is 0.00000338. The Labute approximate surface area is 167 Å². The fourth-order valence-electron chi connectivity index (χ4n) is 3.95. The van der Waals surface area contributed by atoms with E-state index in [1.807, 2.05) is 0 Å². The van der Waals surface area contributed by atoms with Crippen molar-refractivity contribution in [1.29, 1.82) is 0 Å². The van der Waals surface area contributed by atoms with Crippen molar-refractivity contribution in [2.45, 2.75) is 96.4 Å². The van der Waals surface area contributed by atoms with Crippen molar-refractivity contribution in [3.05, 3.63) is 29.3 Å². The molecule has 1 atom stereocenters. The molecule has 150 valence electrons. The van der Waals surface area contributed by atoms with Gasteiger partial charge in [-0.1, -0.05) is 70.8 Å². The molecule has 3 heteroatoms. The number of nitrogens with one attached hydrogen (secondary N) is 1. The van der Waals surface area contributed by atoms with E-state index in [9.17, 15) is 0 Å². The van der Waals surface area contributed by atoms with Crippen molar-refractivity contribution in [3.63, 3.8) is 0 Å². The fourth-order valence-corrected chi connectivity index (χ4v) is 3.95. The van der Waals surface area contributed by atoms with E-state index < -0.39 is 0 Å². The van der Waals surface area contributed by atoms with Gasteiger partial charge in [-0.2, -0.15) is 0 Å². The van der Waals surface area contributed by atoms with Crippen molar-refractivity contribution < 1.29 is 4.74 Å². The normalized spacial score (nSPS) is 16.0. The maximum atomic E-state index is 5.34. The minimum Gasteiger partial charge on any atom is -0.497 e. The quantitative estimate of drug-likeness (QED) is 0.394. The third-order valence-electron chi connectivity index (χ3n) is 5.61. The largest absolute Gasteiger partial charge is 0.497 e. The predicted octanol–water partition coefficient (Wildman–Crippen LogP) is 6.48. The van der Waals surface area contributed by atoms with Crippen LogP contribution in [0.3, 0.4) is 0 Å². The number of ether oxygens (including phenoxy) is 1. The van der Waals surface area contributed by atoms with E-state index in [-0.39, 0.29) is 12.4 Å². The zero-order chi connectivity index (χ0) is 17.7. The molecule has 1 aromatic carbocycles. The van der Waals surface area contributed by atoms with Gasteiger partial charge in [0, 0.05) is 6.04 Å². The minimum absolute atomic E-state index is 0. The number of hydrogen-bond acceptors (Lipinski definition) is 2. The second-order valence-electron chi connectivity index (χ2n) is 7.71. The fraction of sp³-hybridized carbons (Fsp3) is 0.739. The molecule has 0 fully saturated rings.